The minimum absolute atomic E-state index is 0.0973. The van der Waals surface area contributed by atoms with Crippen LogP contribution < -0.4 is 5.73 Å². The van der Waals surface area contributed by atoms with Crippen molar-refractivity contribution in [3.63, 3.8) is 0 Å². The Labute approximate surface area is 106 Å². The van der Waals surface area contributed by atoms with Crippen LogP contribution in [0.2, 0.25) is 0 Å². The van der Waals surface area contributed by atoms with Gasteiger partial charge >= 0.3 is 5.97 Å². The summed E-state index contributed by atoms with van der Waals surface area (Å²) in [6.45, 7) is 5.95. The number of nitrogen functional groups attached to an aromatic ring is 1. The van der Waals surface area contributed by atoms with E-state index in [9.17, 15) is 4.79 Å². The largest absolute Gasteiger partial charge is 0.459 e. The first kappa shape index (κ1) is 12.4. The summed E-state index contributed by atoms with van der Waals surface area (Å²) in [4.78, 5) is 13.3. The van der Waals surface area contributed by atoms with Gasteiger partial charge in [0.1, 0.15) is 5.00 Å². The Balaban J connectivity index is 2.32. The van der Waals surface area contributed by atoms with Gasteiger partial charge in [0.25, 0.3) is 0 Å². The molecule has 94 valence electrons. The predicted octanol–water partition coefficient (Wildman–Crippen LogP) is 3.02. The van der Waals surface area contributed by atoms with Gasteiger partial charge in [0.05, 0.1) is 11.7 Å². The van der Waals surface area contributed by atoms with Crippen molar-refractivity contribution in [3.05, 3.63) is 16.0 Å². The molecule has 0 unspecified atom stereocenters. The molecule has 1 aliphatic carbocycles. The molecule has 4 heteroatoms. The minimum Gasteiger partial charge on any atom is -0.459 e. The molecular formula is C13H19NO2S. The average Bonchev–Trinajstić information content (AvgIpc) is 2.51. The second kappa shape index (κ2) is 4.69. The number of thiophene rings is 1. The number of hydrogen-bond acceptors (Lipinski definition) is 4. The molecule has 1 aliphatic rings. The Bertz CT molecular complexity index is 437. The van der Waals surface area contributed by atoms with E-state index in [0.29, 0.717) is 16.5 Å². The summed E-state index contributed by atoms with van der Waals surface area (Å²) in [7, 11) is 0. The fraction of sp³-hybridized carbons (Fsp3) is 0.615. The van der Waals surface area contributed by atoms with Crippen molar-refractivity contribution in [1.82, 2.24) is 0 Å². The van der Waals surface area contributed by atoms with Crippen LogP contribution >= 0.6 is 11.3 Å². The van der Waals surface area contributed by atoms with Gasteiger partial charge in [0.2, 0.25) is 0 Å². The number of hydrogen-bond donors (Lipinski definition) is 1. The molecule has 1 atom stereocenters. The Morgan fingerprint density at radius 2 is 2.24 bits per heavy atom. The third kappa shape index (κ3) is 2.46. The molecule has 1 heterocycles. The van der Waals surface area contributed by atoms with Crippen molar-refractivity contribution in [2.45, 2.75) is 46.1 Å². The Morgan fingerprint density at radius 3 is 2.88 bits per heavy atom. The highest BCUT2D eigenvalue weighted by atomic mass is 32.1. The number of esters is 1. The standard InChI is InChI=1S/C13H19NO2S/c1-7(2)16-13(15)11-9-5-4-8(3)6-10(9)17-12(11)14/h7-8H,4-6,14H2,1-3H3/t8-/m0/s1. The van der Waals surface area contributed by atoms with E-state index in [2.05, 4.69) is 6.92 Å². The van der Waals surface area contributed by atoms with Gasteiger partial charge in [-0.1, -0.05) is 6.92 Å². The van der Waals surface area contributed by atoms with E-state index in [0.717, 1.165) is 24.8 Å². The summed E-state index contributed by atoms with van der Waals surface area (Å²) in [6.07, 6.45) is 3.02. The zero-order chi connectivity index (χ0) is 12.6. The second-order valence-electron chi connectivity index (χ2n) is 5.05. The summed E-state index contributed by atoms with van der Waals surface area (Å²) >= 11 is 1.55. The minimum atomic E-state index is -0.260. The molecule has 2 rings (SSSR count). The Kier molecular flexibility index (Phi) is 3.43. The van der Waals surface area contributed by atoms with Gasteiger partial charge in [0.15, 0.2) is 0 Å². The molecule has 0 saturated heterocycles. The first-order chi connectivity index (χ1) is 7.99. The molecule has 0 saturated carbocycles. The average molecular weight is 253 g/mol. The third-order valence-corrected chi connectivity index (χ3v) is 4.17. The lowest BCUT2D eigenvalue weighted by molar-refractivity contribution is 0.0378. The van der Waals surface area contributed by atoms with Crippen molar-refractivity contribution in [2.75, 3.05) is 5.73 Å². The first-order valence-electron chi connectivity index (χ1n) is 6.10. The molecule has 2 N–H and O–H groups in total. The summed E-state index contributed by atoms with van der Waals surface area (Å²) < 4.78 is 5.26. The summed E-state index contributed by atoms with van der Waals surface area (Å²) in [5.41, 5.74) is 7.73. The Hall–Kier alpha value is -1.03. The van der Waals surface area contributed by atoms with E-state index in [4.69, 9.17) is 10.5 Å². The lowest BCUT2D eigenvalue weighted by Crippen LogP contribution is -2.16. The highest BCUT2D eigenvalue weighted by Crippen LogP contribution is 2.38. The van der Waals surface area contributed by atoms with Crippen LogP contribution in [-0.2, 0) is 17.6 Å². The second-order valence-corrected chi connectivity index (χ2v) is 6.18. The van der Waals surface area contributed by atoms with E-state index in [1.165, 1.54) is 4.88 Å². The summed E-state index contributed by atoms with van der Waals surface area (Å²) in [5.74, 6) is 0.430. The van der Waals surface area contributed by atoms with Gasteiger partial charge in [-0.05, 0) is 44.6 Å². The third-order valence-electron chi connectivity index (χ3n) is 3.09. The molecule has 3 nitrogen and oxygen atoms in total. The number of anilines is 1. The van der Waals surface area contributed by atoms with Crippen LogP contribution in [-0.4, -0.2) is 12.1 Å². The van der Waals surface area contributed by atoms with Gasteiger partial charge in [-0.15, -0.1) is 11.3 Å². The lowest BCUT2D eigenvalue weighted by atomic mass is 9.88. The van der Waals surface area contributed by atoms with Crippen molar-refractivity contribution < 1.29 is 9.53 Å². The maximum atomic E-state index is 12.0. The number of carbonyl (C=O) groups is 1. The van der Waals surface area contributed by atoms with Crippen LogP contribution in [0.5, 0.6) is 0 Å². The number of nitrogens with two attached hydrogens (primary N) is 1. The topological polar surface area (TPSA) is 52.3 Å². The van der Waals surface area contributed by atoms with E-state index < -0.39 is 0 Å². The van der Waals surface area contributed by atoms with Crippen LogP contribution in [0, 0.1) is 5.92 Å². The quantitative estimate of drug-likeness (QED) is 0.824. The van der Waals surface area contributed by atoms with E-state index in [1.54, 1.807) is 11.3 Å². The molecule has 0 spiro atoms. The lowest BCUT2D eigenvalue weighted by Gasteiger charge is -2.18. The van der Waals surface area contributed by atoms with Crippen molar-refractivity contribution in [1.29, 1.82) is 0 Å². The number of rotatable bonds is 2. The molecule has 1 aromatic rings. The van der Waals surface area contributed by atoms with Gasteiger partial charge < -0.3 is 10.5 Å². The zero-order valence-corrected chi connectivity index (χ0v) is 11.4. The maximum absolute atomic E-state index is 12.0. The monoisotopic (exact) mass is 253 g/mol. The predicted molar refractivity (Wildman–Crippen MR) is 70.5 cm³/mol. The van der Waals surface area contributed by atoms with E-state index in [1.807, 2.05) is 13.8 Å². The first-order valence-corrected chi connectivity index (χ1v) is 6.91. The fourth-order valence-corrected chi connectivity index (χ4v) is 3.54. The number of fused-ring (bicyclic) bond motifs is 1. The molecule has 1 aromatic heterocycles. The smallest absolute Gasteiger partial charge is 0.341 e. The van der Waals surface area contributed by atoms with Crippen LogP contribution in [0.25, 0.3) is 0 Å². The van der Waals surface area contributed by atoms with Crippen LogP contribution in [0.4, 0.5) is 5.00 Å². The molecular weight excluding hydrogens is 234 g/mol. The Morgan fingerprint density at radius 1 is 1.53 bits per heavy atom. The molecule has 0 aliphatic heterocycles. The van der Waals surface area contributed by atoms with Gasteiger partial charge in [-0.2, -0.15) is 0 Å². The van der Waals surface area contributed by atoms with Crippen molar-refractivity contribution in [2.24, 2.45) is 5.92 Å². The van der Waals surface area contributed by atoms with Gasteiger partial charge in [-0.25, -0.2) is 4.79 Å². The summed E-state index contributed by atoms with van der Waals surface area (Å²) in [5, 5.41) is 0.620. The highest BCUT2D eigenvalue weighted by molar-refractivity contribution is 7.16. The van der Waals surface area contributed by atoms with E-state index in [-0.39, 0.29) is 12.1 Å². The van der Waals surface area contributed by atoms with Crippen LogP contribution in [0.3, 0.4) is 0 Å². The van der Waals surface area contributed by atoms with Gasteiger partial charge in [-0.3, -0.25) is 0 Å². The molecule has 0 radical (unpaired) electrons. The number of ether oxygens (including phenoxy) is 1. The SMILES string of the molecule is CC(C)OC(=O)c1c(N)sc2c1CC[C@H](C)C2. The summed E-state index contributed by atoms with van der Waals surface area (Å²) in [6, 6.07) is 0. The normalized spacial score (nSPS) is 19.2. The molecule has 0 fully saturated rings. The highest BCUT2D eigenvalue weighted by Gasteiger charge is 2.27. The molecule has 0 bridgehead atoms. The van der Waals surface area contributed by atoms with Crippen molar-refractivity contribution in [3.8, 4) is 0 Å². The van der Waals surface area contributed by atoms with Crippen LogP contribution in [0.1, 0.15) is 48.0 Å². The van der Waals surface area contributed by atoms with E-state index >= 15 is 0 Å². The zero-order valence-electron chi connectivity index (χ0n) is 10.6. The van der Waals surface area contributed by atoms with Crippen LogP contribution in [0.15, 0.2) is 0 Å². The molecule has 17 heavy (non-hydrogen) atoms. The molecule has 0 aromatic carbocycles. The maximum Gasteiger partial charge on any atom is 0.341 e. The van der Waals surface area contributed by atoms with Gasteiger partial charge in [0, 0.05) is 4.88 Å². The number of carbonyl (C=O) groups excluding carboxylic acids is 1. The van der Waals surface area contributed by atoms with Crippen molar-refractivity contribution >= 4 is 22.3 Å². The molecule has 0 amide bonds. The fourth-order valence-electron chi connectivity index (χ4n) is 2.27.